The van der Waals surface area contributed by atoms with Crippen molar-refractivity contribution < 1.29 is 14.8 Å². The van der Waals surface area contributed by atoms with Crippen molar-refractivity contribution in [1.29, 1.82) is 0 Å². The normalized spacial score (nSPS) is 11.4. The van der Waals surface area contributed by atoms with E-state index >= 15 is 0 Å². The minimum Gasteiger partial charge on any atom is -0.389 e. The number of aliphatic hydroxyl groups is 1. The van der Waals surface area contributed by atoms with Crippen LogP contribution >= 0.6 is 0 Å². The molecule has 8 heteroatoms. The molecule has 0 radical (unpaired) electrons. The summed E-state index contributed by atoms with van der Waals surface area (Å²) in [6, 6.07) is 4.36. The molecule has 0 amide bonds. The van der Waals surface area contributed by atoms with Gasteiger partial charge in [0.1, 0.15) is 5.69 Å². The number of aromatic nitrogens is 2. The number of aryl methyl sites for hydroxylation is 1. The van der Waals surface area contributed by atoms with Gasteiger partial charge < -0.3 is 14.6 Å². The van der Waals surface area contributed by atoms with Crippen molar-refractivity contribution in [2.75, 3.05) is 18.0 Å². The van der Waals surface area contributed by atoms with E-state index in [0.717, 1.165) is 0 Å². The number of nitro benzene ring substituents is 1. The number of nitro groups is 1. The smallest absolute Gasteiger partial charge is 0.293 e. The molecule has 0 aliphatic carbocycles. The maximum atomic E-state index is 12.5. The Morgan fingerprint density at radius 3 is 2.60 bits per heavy atom. The van der Waals surface area contributed by atoms with Crippen LogP contribution in [0, 0.1) is 10.1 Å². The SMILES string of the molecule is CCN(CC(C)(C)O)c1ccc(C(=O)c2nccn2C)cc1[N+](=O)[O-]. The molecule has 0 unspecified atom stereocenters. The lowest BCUT2D eigenvalue weighted by Crippen LogP contribution is -2.38. The van der Waals surface area contributed by atoms with E-state index in [1.807, 2.05) is 6.92 Å². The quantitative estimate of drug-likeness (QED) is 0.468. The van der Waals surface area contributed by atoms with Crippen LogP contribution in [0.2, 0.25) is 0 Å². The molecule has 1 aromatic carbocycles. The van der Waals surface area contributed by atoms with Crippen molar-refractivity contribution in [2.24, 2.45) is 7.05 Å². The Morgan fingerprint density at radius 2 is 2.12 bits per heavy atom. The van der Waals surface area contributed by atoms with Crippen LogP contribution in [0.4, 0.5) is 11.4 Å². The number of nitrogens with zero attached hydrogens (tertiary/aromatic N) is 4. The molecule has 1 aromatic heterocycles. The van der Waals surface area contributed by atoms with Gasteiger partial charge in [0.25, 0.3) is 5.69 Å². The summed E-state index contributed by atoms with van der Waals surface area (Å²) in [6.07, 6.45) is 3.14. The highest BCUT2D eigenvalue weighted by Crippen LogP contribution is 2.31. The highest BCUT2D eigenvalue weighted by Gasteiger charge is 2.26. The number of hydrogen-bond acceptors (Lipinski definition) is 6. The molecule has 8 nitrogen and oxygen atoms in total. The molecule has 2 aromatic rings. The molecule has 0 aliphatic rings. The zero-order valence-corrected chi connectivity index (χ0v) is 14.8. The molecule has 0 saturated carbocycles. The van der Waals surface area contributed by atoms with E-state index in [1.165, 1.54) is 12.3 Å². The van der Waals surface area contributed by atoms with Crippen LogP contribution in [-0.4, -0.2) is 44.1 Å². The number of rotatable bonds is 7. The molecule has 0 fully saturated rings. The van der Waals surface area contributed by atoms with Gasteiger partial charge in [-0.1, -0.05) is 0 Å². The topological polar surface area (TPSA) is 102 Å². The van der Waals surface area contributed by atoms with Gasteiger partial charge in [-0.2, -0.15) is 0 Å². The lowest BCUT2D eigenvalue weighted by Gasteiger charge is -2.29. The molecule has 1 N–H and O–H groups in total. The summed E-state index contributed by atoms with van der Waals surface area (Å²) in [4.78, 5) is 29.2. The average Bonchev–Trinajstić information content (AvgIpc) is 2.96. The van der Waals surface area contributed by atoms with E-state index in [0.29, 0.717) is 12.2 Å². The third-order valence-corrected chi connectivity index (χ3v) is 3.76. The summed E-state index contributed by atoms with van der Waals surface area (Å²) in [5.41, 5.74) is -0.619. The van der Waals surface area contributed by atoms with Crippen LogP contribution in [0.15, 0.2) is 30.6 Å². The lowest BCUT2D eigenvalue weighted by molar-refractivity contribution is -0.384. The van der Waals surface area contributed by atoms with Gasteiger partial charge in [-0.15, -0.1) is 0 Å². The molecule has 25 heavy (non-hydrogen) atoms. The first kappa shape index (κ1) is 18.6. The Morgan fingerprint density at radius 1 is 1.44 bits per heavy atom. The fourth-order valence-corrected chi connectivity index (χ4v) is 2.63. The lowest BCUT2D eigenvalue weighted by atomic mass is 10.1. The summed E-state index contributed by atoms with van der Waals surface area (Å²) in [6.45, 7) is 5.85. The molecule has 0 aliphatic heterocycles. The molecule has 1 heterocycles. The molecule has 134 valence electrons. The number of ketones is 1. The fraction of sp³-hybridized carbons (Fsp3) is 0.412. The number of imidazole rings is 1. The van der Waals surface area contributed by atoms with Crippen LogP contribution in [-0.2, 0) is 7.05 Å². The predicted octanol–water partition coefficient (Wildman–Crippen LogP) is 2.16. The van der Waals surface area contributed by atoms with E-state index in [2.05, 4.69) is 4.98 Å². The third-order valence-electron chi connectivity index (χ3n) is 3.76. The van der Waals surface area contributed by atoms with Gasteiger partial charge in [0, 0.05) is 44.2 Å². The van der Waals surface area contributed by atoms with Crippen molar-refractivity contribution in [3.05, 3.63) is 52.1 Å². The van der Waals surface area contributed by atoms with E-state index < -0.39 is 10.5 Å². The largest absolute Gasteiger partial charge is 0.389 e. The van der Waals surface area contributed by atoms with Crippen LogP contribution in [0.5, 0.6) is 0 Å². The van der Waals surface area contributed by atoms with Crippen molar-refractivity contribution in [3.63, 3.8) is 0 Å². The van der Waals surface area contributed by atoms with Gasteiger partial charge in [0.05, 0.1) is 10.5 Å². The van der Waals surface area contributed by atoms with Gasteiger partial charge in [-0.05, 0) is 32.9 Å². The minimum atomic E-state index is -1.01. The third kappa shape index (κ3) is 4.21. The molecule has 0 atom stereocenters. The highest BCUT2D eigenvalue weighted by molar-refractivity contribution is 6.07. The first-order chi connectivity index (χ1) is 11.6. The summed E-state index contributed by atoms with van der Waals surface area (Å²) < 4.78 is 1.56. The maximum Gasteiger partial charge on any atom is 0.293 e. The number of likely N-dealkylation sites (N-methyl/N-ethyl adjacent to an activating group) is 1. The van der Waals surface area contributed by atoms with Gasteiger partial charge >= 0.3 is 0 Å². The van der Waals surface area contributed by atoms with Gasteiger partial charge in [0.2, 0.25) is 5.78 Å². The molecular weight excluding hydrogens is 324 g/mol. The first-order valence-electron chi connectivity index (χ1n) is 7.92. The highest BCUT2D eigenvalue weighted by atomic mass is 16.6. The van der Waals surface area contributed by atoms with Crippen LogP contribution < -0.4 is 4.90 Å². The Hall–Kier alpha value is -2.74. The summed E-state index contributed by atoms with van der Waals surface area (Å²) in [7, 11) is 1.69. The number of benzene rings is 1. The second-order valence-corrected chi connectivity index (χ2v) is 6.48. The fourth-order valence-electron chi connectivity index (χ4n) is 2.63. The second kappa shape index (κ2) is 7.02. The van der Waals surface area contributed by atoms with Crippen LogP contribution in [0.25, 0.3) is 0 Å². The monoisotopic (exact) mass is 346 g/mol. The zero-order valence-electron chi connectivity index (χ0n) is 14.8. The van der Waals surface area contributed by atoms with Gasteiger partial charge in [0.15, 0.2) is 5.82 Å². The Balaban J connectivity index is 2.46. The average molecular weight is 346 g/mol. The molecule has 0 bridgehead atoms. The van der Waals surface area contributed by atoms with E-state index in [1.54, 1.807) is 48.7 Å². The first-order valence-corrected chi connectivity index (χ1v) is 7.92. The van der Waals surface area contributed by atoms with E-state index in [-0.39, 0.29) is 29.4 Å². The standard InChI is InChI=1S/C17H22N4O4/c1-5-20(11-17(2,3)23)13-7-6-12(10-14(13)21(24)25)15(22)16-18-8-9-19(16)4/h6-10,23H,5,11H2,1-4H3. The molecule has 0 spiro atoms. The Kier molecular flexibility index (Phi) is 5.22. The Bertz CT molecular complexity index is 792. The van der Waals surface area contributed by atoms with E-state index in [4.69, 9.17) is 0 Å². The van der Waals surface area contributed by atoms with E-state index in [9.17, 15) is 20.0 Å². The molecule has 0 saturated heterocycles. The Labute approximate surface area is 145 Å². The zero-order chi connectivity index (χ0) is 18.8. The second-order valence-electron chi connectivity index (χ2n) is 6.48. The number of hydrogen-bond donors (Lipinski definition) is 1. The minimum absolute atomic E-state index is 0.175. The number of carbonyl (C=O) groups excluding carboxylic acids is 1. The van der Waals surface area contributed by atoms with Crippen molar-refractivity contribution in [2.45, 2.75) is 26.4 Å². The maximum absolute atomic E-state index is 12.5. The van der Waals surface area contributed by atoms with Crippen molar-refractivity contribution in [1.82, 2.24) is 9.55 Å². The van der Waals surface area contributed by atoms with Crippen molar-refractivity contribution >= 4 is 17.2 Å². The summed E-state index contributed by atoms with van der Waals surface area (Å²) >= 11 is 0. The van der Waals surface area contributed by atoms with Crippen molar-refractivity contribution in [3.8, 4) is 0 Å². The van der Waals surface area contributed by atoms with Gasteiger partial charge in [-0.3, -0.25) is 14.9 Å². The van der Waals surface area contributed by atoms with Crippen LogP contribution in [0.3, 0.4) is 0 Å². The molecule has 2 rings (SSSR count). The predicted molar refractivity (Wildman–Crippen MR) is 93.9 cm³/mol. The number of anilines is 1. The summed E-state index contributed by atoms with van der Waals surface area (Å²) in [5.74, 6) is -0.168. The number of carbonyl (C=O) groups is 1. The summed E-state index contributed by atoms with van der Waals surface area (Å²) in [5, 5.41) is 21.6. The molecular formula is C17H22N4O4. The van der Waals surface area contributed by atoms with Crippen LogP contribution in [0.1, 0.15) is 37.0 Å². The van der Waals surface area contributed by atoms with Gasteiger partial charge in [-0.25, -0.2) is 4.98 Å².